The van der Waals surface area contributed by atoms with E-state index in [-0.39, 0.29) is 23.5 Å². The van der Waals surface area contributed by atoms with Crippen LogP contribution in [0.2, 0.25) is 0 Å². The average Bonchev–Trinajstić information content (AvgIpc) is 2.35. The van der Waals surface area contributed by atoms with Gasteiger partial charge >= 0.3 is 11.6 Å². The Morgan fingerprint density at radius 3 is 2.89 bits per heavy atom. The predicted octanol–water partition coefficient (Wildman–Crippen LogP) is 2.07. The summed E-state index contributed by atoms with van der Waals surface area (Å²) in [6.07, 6.45) is 0.679. The van der Waals surface area contributed by atoms with Gasteiger partial charge in [-0.15, -0.1) is 0 Å². The van der Waals surface area contributed by atoms with Crippen molar-refractivity contribution in [1.29, 1.82) is 0 Å². The molecule has 1 heterocycles. The summed E-state index contributed by atoms with van der Waals surface area (Å²) in [5.74, 6) is -0.701. The second kappa shape index (κ2) is 4.91. The van der Waals surface area contributed by atoms with E-state index in [1.165, 1.54) is 18.2 Å². The third-order valence-electron chi connectivity index (χ3n) is 2.38. The van der Waals surface area contributed by atoms with Crippen molar-refractivity contribution in [1.82, 2.24) is 0 Å². The lowest BCUT2D eigenvalue weighted by Gasteiger charge is -2.03. The van der Waals surface area contributed by atoms with Crippen LogP contribution in [0.3, 0.4) is 0 Å². The highest BCUT2D eigenvalue weighted by Crippen LogP contribution is 2.19. The number of carbonyl (C=O) groups is 1. The van der Waals surface area contributed by atoms with Crippen LogP contribution in [-0.2, 0) is 4.74 Å². The first-order valence-corrected chi connectivity index (χ1v) is 5.56. The minimum Gasteiger partial charge on any atom is -0.508 e. The van der Waals surface area contributed by atoms with E-state index in [4.69, 9.17) is 9.15 Å². The molecule has 2 aromatic rings. The van der Waals surface area contributed by atoms with Gasteiger partial charge in [-0.2, -0.15) is 0 Å². The Morgan fingerprint density at radius 1 is 1.39 bits per heavy atom. The van der Waals surface area contributed by atoms with E-state index in [1.54, 1.807) is 6.07 Å². The second-order valence-corrected chi connectivity index (χ2v) is 3.81. The van der Waals surface area contributed by atoms with Crippen LogP contribution in [0, 0.1) is 0 Å². The standard InChI is InChI=1S/C13H12O5/c1-2-5-17-12(15)10-6-8-3-4-9(14)7-11(8)18-13(10)16/h3-4,6-7,14H,2,5H2,1H3. The summed E-state index contributed by atoms with van der Waals surface area (Å²) < 4.78 is 9.84. The van der Waals surface area contributed by atoms with Gasteiger partial charge in [0.1, 0.15) is 16.9 Å². The van der Waals surface area contributed by atoms with Crippen molar-refractivity contribution >= 4 is 16.9 Å². The van der Waals surface area contributed by atoms with Crippen LogP contribution in [0.5, 0.6) is 5.75 Å². The summed E-state index contributed by atoms with van der Waals surface area (Å²) in [5.41, 5.74) is -0.678. The molecule has 18 heavy (non-hydrogen) atoms. The number of phenolic OH excluding ortho intramolecular Hbond substituents is 1. The van der Waals surface area contributed by atoms with Gasteiger partial charge in [-0.25, -0.2) is 9.59 Å². The normalized spacial score (nSPS) is 10.5. The van der Waals surface area contributed by atoms with E-state index in [9.17, 15) is 14.7 Å². The maximum atomic E-state index is 11.6. The van der Waals surface area contributed by atoms with Crippen LogP contribution in [0.1, 0.15) is 23.7 Å². The zero-order chi connectivity index (χ0) is 13.1. The fraction of sp³-hybridized carbons (Fsp3) is 0.231. The second-order valence-electron chi connectivity index (χ2n) is 3.81. The number of esters is 1. The molecule has 5 heteroatoms. The minimum atomic E-state index is -0.769. The highest BCUT2D eigenvalue weighted by molar-refractivity contribution is 5.93. The van der Waals surface area contributed by atoms with Crippen molar-refractivity contribution in [2.75, 3.05) is 6.61 Å². The third-order valence-corrected chi connectivity index (χ3v) is 2.38. The van der Waals surface area contributed by atoms with E-state index < -0.39 is 11.6 Å². The lowest BCUT2D eigenvalue weighted by atomic mass is 10.2. The number of ether oxygens (including phenoxy) is 1. The van der Waals surface area contributed by atoms with E-state index in [2.05, 4.69) is 0 Å². The van der Waals surface area contributed by atoms with Gasteiger partial charge in [0.05, 0.1) is 6.61 Å². The Balaban J connectivity index is 2.46. The zero-order valence-corrected chi connectivity index (χ0v) is 9.80. The average molecular weight is 248 g/mol. The molecule has 1 aromatic heterocycles. The summed E-state index contributed by atoms with van der Waals surface area (Å²) in [7, 11) is 0. The molecule has 5 nitrogen and oxygen atoms in total. The molecular weight excluding hydrogens is 236 g/mol. The molecule has 1 aromatic carbocycles. The number of hydrogen-bond acceptors (Lipinski definition) is 5. The van der Waals surface area contributed by atoms with E-state index in [0.717, 1.165) is 0 Å². The SMILES string of the molecule is CCCOC(=O)c1cc2ccc(O)cc2oc1=O. The molecule has 0 spiro atoms. The molecular formula is C13H12O5. The summed E-state index contributed by atoms with van der Waals surface area (Å²) >= 11 is 0. The van der Waals surface area contributed by atoms with Crippen molar-refractivity contribution in [3.05, 3.63) is 40.2 Å². The number of phenols is 1. The fourth-order valence-corrected chi connectivity index (χ4v) is 1.51. The molecule has 0 unspecified atom stereocenters. The van der Waals surface area contributed by atoms with Crippen LogP contribution < -0.4 is 5.63 Å². The van der Waals surface area contributed by atoms with Crippen molar-refractivity contribution < 1.29 is 19.1 Å². The van der Waals surface area contributed by atoms with Gasteiger partial charge in [0, 0.05) is 11.5 Å². The number of aromatic hydroxyl groups is 1. The van der Waals surface area contributed by atoms with Crippen LogP contribution in [0.15, 0.2) is 33.5 Å². The van der Waals surface area contributed by atoms with E-state index in [1.807, 2.05) is 6.92 Å². The largest absolute Gasteiger partial charge is 0.508 e. The van der Waals surface area contributed by atoms with Gasteiger partial charge < -0.3 is 14.3 Å². The monoisotopic (exact) mass is 248 g/mol. The predicted molar refractivity (Wildman–Crippen MR) is 64.7 cm³/mol. The topological polar surface area (TPSA) is 76.7 Å². The van der Waals surface area contributed by atoms with Gasteiger partial charge in [0.25, 0.3) is 0 Å². The van der Waals surface area contributed by atoms with Gasteiger partial charge in [0.15, 0.2) is 0 Å². The van der Waals surface area contributed by atoms with Gasteiger partial charge in [-0.3, -0.25) is 0 Å². The molecule has 0 saturated carbocycles. The van der Waals surface area contributed by atoms with Crippen molar-refractivity contribution in [2.45, 2.75) is 13.3 Å². The Kier molecular flexibility index (Phi) is 3.32. The van der Waals surface area contributed by atoms with Crippen molar-refractivity contribution in [2.24, 2.45) is 0 Å². The Hall–Kier alpha value is -2.30. The van der Waals surface area contributed by atoms with Gasteiger partial charge in [-0.1, -0.05) is 6.92 Å². The number of rotatable bonds is 3. The van der Waals surface area contributed by atoms with Crippen LogP contribution in [0.4, 0.5) is 0 Å². The quantitative estimate of drug-likeness (QED) is 0.664. The molecule has 0 radical (unpaired) electrons. The van der Waals surface area contributed by atoms with E-state index >= 15 is 0 Å². The Morgan fingerprint density at radius 2 is 2.17 bits per heavy atom. The van der Waals surface area contributed by atoms with Crippen LogP contribution >= 0.6 is 0 Å². The molecule has 1 N–H and O–H groups in total. The third kappa shape index (κ3) is 2.34. The Bertz CT molecular complexity index is 641. The molecule has 0 aliphatic rings. The maximum Gasteiger partial charge on any atom is 0.351 e. The molecule has 0 atom stereocenters. The Labute approximate surface area is 103 Å². The number of hydrogen-bond donors (Lipinski definition) is 1. The molecule has 0 aliphatic carbocycles. The molecule has 0 amide bonds. The molecule has 0 aliphatic heterocycles. The van der Waals surface area contributed by atoms with Gasteiger partial charge in [-0.05, 0) is 24.6 Å². The molecule has 0 saturated heterocycles. The summed E-state index contributed by atoms with van der Waals surface area (Å²) in [4.78, 5) is 23.2. The van der Waals surface area contributed by atoms with Crippen LogP contribution in [0.25, 0.3) is 11.0 Å². The minimum absolute atomic E-state index is 0.00744. The van der Waals surface area contributed by atoms with Crippen molar-refractivity contribution in [3.8, 4) is 5.75 Å². The number of fused-ring (bicyclic) bond motifs is 1. The lowest BCUT2D eigenvalue weighted by molar-refractivity contribution is 0.0500. The lowest BCUT2D eigenvalue weighted by Crippen LogP contribution is -2.16. The molecule has 94 valence electrons. The van der Waals surface area contributed by atoms with E-state index in [0.29, 0.717) is 11.8 Å². The fourth-order valence-electron chi connectivity index (χ4n) is 1.51. The van der Waals surface area contributed by atoms with Gasteiger partial charge in [0.2, 0.25) is 0 Å². The van der Waals surface area contributed by atoms with Crippen LogP contribution in [-0.4, -0.2) is 17.7 Å². The molecule has 2 rings (SSSR count). The first kappa shape index (κ1) is 12.2. The zero-order valence-electron chi connectivity index (χ0n) is 9.80. The maximum absolute atomic E-state index is 11.6. The first-order valence-electron chi connectivity index (χ1n) is 5.56. The highest BCUT2D eigenvalue weighted by Gasteiger charge is 2.14. The summed E-state index contributed by atoms with van der Waals surface area (Å²) in [5, 5.41) is 9.81. The first-order chi connectivity index (χ1) is 8.61. The summed E-state index contributed by atoms with van der Waals surface area (Å²) in [6.45, 7) is 2.12. The van der Waals surface area contributed by atoms with Crippen molar-refractivity contribution in [3.63, 3.8) is 0 Å². The molecule has 0 fully saturated rings. The highest BCUT2D eigenvalue weighted by atomic mass is 16.5. The smallest absolute Gasteiger partial charge is 0.351 e. The number of benzene rings is 1. The molecule has 0 bridgehead atoms. The summed E-state index contributed by atoms with van der Waals surface area (Å²) in [6, 6.07) is 5.73. The number of carbonyl (C=O) groups excluding carboxylic acids is 1.